The van der Waals surface area contributed by atoms with E-state index in [9.17, 15) is 19.2 Å². The molecule has 8 heteroatoms. The molecule has 0 aliphatic heterocycles. The highest BCUT2D eigenvalue weighted by Crippen LogP contribution is 2.61. The van der Waals surface area contributed by atoms with Crippen LogP contribution >= 0.6 is 0 Å². The molecule has 5 atom stereocenters. The maximum atomic E-state index is 12.7. The van der Waals surface area contributed by atoms with Crippen molar-refractivity contribution < 1.29 is 33.8 Å². The first-order chi connectivity index (χ1) is 20.2. The van der Waals surface area contributed by atoms with Crippen molar-refractivity contribution in [1.29, 1.82) is 0 Å². The third kappa shape index (κ3) is 6.69. The first kappa shape index (κ1) is 29.8. The standard InChI is InChI=1S/C34H41NO7/c1-34-19-18-26-25-13-11-24(41-33(40)22-7-3-2-4-8-22)21-23(25)10-12-27(26)28(34)14-15-29(34)42-32(39)9-5-6-20-35-30(36)16-17-31(37)38/h2-4,7-8,11,13,21,26-29H,5-6,9-10,12,14-20H2,1H3,(H,35,36)(H,37,38)/t26?,27?,28?,29?,34-/m1/s1. The highest BCUT2D eigenvalue weighted by atomic mass is 16.5. The molecular formula is C34H41NO7. The summed E-state index contributed by atoms with van der Waals surface area (Å²) in [6.07, 6.45) is 7.40. The maximum absolute atomic E-state index is 12.7. The Balaban J connectivity index is 1.11. The maximum Gasteiger partial charge on any atom is 0.343 e. The highest BCUT2D eigenvalue weighted by molar-refractivity contribution is 5.91. The molecule has 0 saturated heterocycles. The Kier molecular flexibility index (Phi) is 9.29. The number of rotatable bonds is 11. The van der Waals surface area contributed by atoms with Gasteiger partial charge in [0.05, 0.1) is 12.0 Å². The number of carbonyl (C=O) groups is 4. The Morgan fingerprint density at radius 2 is 1.76 bits per heavy atom. The number of aryl methyl sites for hydroxylation is 1. The lowest BCUT2D eigenvalue weighted by Gasteiger charge is -2.50. The Morgan fingerprint density at radius 1 is 0.952 bits per heavy atom. The number of hydrogen-bond donors (Lipinski definition) is 2. The summed E-state index contributed by atoms with van der Waals surface area (Å²) in [5.74, 6) is 0.354. The van der Waals surface area contributed by atoms with Crippen LogP contribution in [0.3, 0.4) is 0 Å². The largest absolute Gasteiger partial charge is 0.481 e. The van der Waals surface area contributed by atoms with E-state index < -0.39 is 5.97 Å². The van der Waals surface area contributed by atoms with Gasteiger partial charge in [-0.1, -0.05) is 31.2 Å². The van der Waals surface area contributed by atoms with Gasteiger partial charge < -0.3 is 19.9 Å². The van der Waals surface area contributed by atoms with Gasteiger partial charge in [-0.05, 0) is 105 Å². The van der Waals surface area contributed by atoms with Crippen molar-refractivity contribution in [2.45, 2.75) is 89.6 Å². The number of carboxylic acids is 1. The van der Waals surface area contributed by atoms with Crippen LogP contribution in [0.4, 0.5) is 0 Å². The van der Waals surface area contributed by atoms with Crippen LogP contribution in [0.5, 0.6) is 5.75 Å². The molecule has 42 heavy (non-hydrogen) atoms. The monoisotopic (exact) mass is 575 g/mol. The summed E-state index contributed by atoms with van der Waals surface area (Å²) >= 11 is 0. The molecule has 3 aliphatic rings. The second kappa shape index (κ2) is 13.1. The molecule has 2 fully saturated rings. The Labute approximate surface area is 247 Å². The number of carbonyl (C=O) groups excluding carboxylic acids is 3. The second-order valence-corrected chi connectivity index (χ2v) is 12.3. The zero-order chi connectivity index (χ0) is 29.7. The van der Waals surface area contributed by atoms with E-state index in [1.807, 2.05) is 30.3 Å². The lowest BCUT2D eigenvalue weighted by molar-refractivity contribution is -0.157. The van der Waals surface area contributed by atoms with Gasteiger partial charge in [-0.3, -0.25) is 14.4 Å². The van der Waals surface area contributed by atoms with Crippen LogP contribution < -0.4 is 10.1 Å². The molecule has 0 bridgehead atoms. The SMILES string of the molecule is C[C@@]12CCC3c4ccc(OC(=O)c5ccccc5)cc4CCC3C1CCC2OC(=O)CCCCNC(=O)CCC(=O)O. The van der Waals surface area contributed by atoms with Crippen LogP contribution in [0.1, 0.15) is 98.5 Å². The Hall–Kier alpha value is -3.68. The Bertz CT molecular complexity index is 1310. The molecule has 0 spiro atoms. The summed E-state index contributed by atoms with van der Waals surface area (Å²) in [6.45, 7) is 2.74. The molecule has 0 aromatic heterocycles. The summed E-state index contributed by atoms with van der Waals surface area (Å²) in [7, 11) is 0. The predicted molar refractivity (Wildman–Crippen MR) is 156 cm³/mol. The number of amides is 1. The number of hydrogen-bond acceptors (Lipinski definition) is 6. The quantitative estimate of drug-likeness (QED) is 0.197. The van der Waals surface area contributed by atoms with Crippen LogP contribution in [0.25, 0.3) is 0 Å². The molecule has 2 aromatic rings. The van der Waals surface area contributed by atoms with Crippen LogP contribution in [0, 0.1) is 17.3 Å². The number of fused-ring (bicyclic) bond motifs is 5. The van der Waals surface area contributed by atoms with E-state index in [2.05, 4.69) is 18.3 Å². The average Bonchev–Trinajstić information content (AvgIpc) is 3.31. The summed E-state index contributed by atoms with van der Waals surface area (Å²) in [5.41, 5.74) is 3.18. The van der Waals surface area contributed by atoms with E-state index in [4.69, 9.17) is 14.6 Å². The second-order valence-electron chi connectivity index (χ2n) is 12.3. The molecular weight excluding hydrogens is 534 g/mol. The van der Waals surface area contributed by atoms with Gasteiger partial charge in [-0.15, -0.1) is 0 Å². The Morgan fingerprint density at radius 3 is 2.55 bits per heavy atom. The number of esters is 2. The molecule has 2 saturated carbocycles. The van der Waals surface area contributed by atoms with Crippen molar-refractivity contribution in [2.24, 2.45) is 17.3 Å². The summed E-state index contributed by atoms with van der Waals surface area (Å²) in [5, 5.41) is 11.4. The van der Waals surface area contributed by atoms with E-state index in [1.54, 1.807) is 12.1 Å². The van der Waals surface area contributed by atoms with Gasteiger partial charge in [0.1, 0.15) is 11.9 Å². The van der Waals surface area contributed by atoms with E-state index >= 15 is 0 Å². The van der Waals surface area contributed by atoms with Gasteiger partial charge in [0, 0.05) is 24.8 Å². The summed E-state index contributed by atoms with van der Waals surface area (Å²) < 4.78 is 11.8. The van der Waals surface area contributed by atoms with Crippen LogP contribution in [0.2, 0.25) is 0 Å². The fraction of sp³-hybridized carbons (Fsp3) is 0.529. The number of ether oxygens (including phenoxy) is 2. The number of unbranched alkanes of at least 4 members (excludes halogenated alkanes) is 1. The van der Waals surface area contributed by atoms with E-state index in [0.717, 1.165) is 38.5 Å². The van der Waals surface area contributed by atoms with Gasteiger partial charge in [0.2, 0.25) is 5.91 Å². The van der Waals surface area contributed by atoms with Gasteiger partial charge in [0.15, 0.2) is 0 Å². The molecule has 0 radical (unpaired) electrons. The van der Waals surface area contributed by atoms with Crippen LogP contribution in [-0.2, 0) is 25.5 Å². The van der Waals surface area contributed by atoms with E-state index in [1.165, 1.54) is 11.1 Å². The average molecular weight is 576 g/mol. The first-order valence-corrected chi connectivity index (χ1v) is 15.3. The van der Waals surface area contributed by atoms with E-state index in [0.29, 0.717) is 54.9 Å². The number of benzene rings is 2. The fourth-order valence-corrected chi connectivity index (χ4v) is 7.66. The molecule has 0 heterocycles. The number of carboxylic acid groups (broad SMARTS) is 1. The molecule has 3 aliphatic carbocycles. The van der Waals surface area contributed by atoms with Crippen LogP contribution in [-0.4, -0.2) is 41.6 Å². The van der Waals surface area contributed by atoms with Crippen LogP contribution in [0.15, 0.2) is 48.5 Å². The minimum atomic E-state index is -0.991. The topological polar surface area (TPSA) is 119 Å². The molecule has 1 amide bonds. The van der Waals surface area contributed by atoms with Gasteiger partial charge in [0.25, 0.3) is 0 Å². The smallest absolute Gasteiger partial charge is 0.343 e. The molecule has 8 nitrogen and oxygen atoms in total. The third-order valence-corrected chi connectivity index (χ3v) is 9.80. The zero-order valence-corrected chi connectivity index (χ0v) is 24.3. The van der Waals surface area contributed by atoms with E-state index in [-0.39, 0.29) is 42.2 Å². The van der Waals surface area contributed by atoms with Crippen molar-refractivity contribution >= 4 is 23.8 Å². The molecule has 5 rings (SSSR count). The molecule has 2 N–H and O–H groups in total. The molecule has 2 aromatic carbocycles. The fourth-order valence-electron chi connectivity index (χ4n) is 7.66. The predicted octanol–water partition coefficient (Wildman–Crippen LogP) is 5.83. The minimum Gasteiger partial charge on any atom is -0.481 e. The summed E-state index contributed by atoms with van der Waals surface area (Å²) in [4.78, 5) is 47.5. The van der Waals surface area contributed by atoms with Crippen molar-refractivity contribution in [1.82, 2.24) is 5.32 Å². The highest BCUT2D eigenvalue weighted by Gasteiger charge is 2.56. The van der Waals surface area contributed by atoms with Crippen molar-refractivity contribution in [3.8, 4) is 5.75 Å². The van der Waals surface area contributed by atoms with Crippen molar-refractivity contribution in [3.05, 3.63) is 65.2 Å². The van der Waals surface area contributed by atoms with Gasteiger partial charge in [-0.25, -0.2) is 4.79 Å². The van der Waals surface area contributed by atoms with Gasteiger partial charge >= 0.3 is 17.9 Å². The normalized spacial score (nSPS) is 25.8. The zero-order valence-electron chi connectivity index (χ0n) is 24.3. The molecule has 4 unspecified atom stereocenters. The van der Waals surface area contributed by atoms with Crippen molar-refractivity contribution in [2.75, 3.05) is 6.54 Å². The van der Waals surface area contributed by atoms with Gasteiger partial charge in [-0.2, -0.15) is 0 Å². The number of aliphatic carboxylic acids is 1. The first-order valence-electron chi connectivity index (χ1n) is 15.3. The minimum absolute atomic E-state index is 0.0163. The summed E-state index contributed by atoms with van der Waals surface area (Å²) in [6, 6.07) is 15.2. The lowest BCUT2D eigenvalue weighted by atomic mass is 9.55. The number of nitrogens with one attached hydrogen (secondary N) is 1. The third-order valence-electron chi connectivity index (χ3n) is 9.80. The lowest BCUT2D eigenvalue weighted by Crippen LogP contribution is -2.45. The van der Waals surface area contributed by atoms with Crippen molar-refractivity contribution in [3.63, 3.8) is 0 Å². The molecule has 224 valence electrons.